The van der Waals surface area contributed by atoms with E-state index in [2.05, 4.69) is 21.6 Å². The third-order valence-electron chi connectivity index (χ3n) is 6.32. The van der Waals surface area contributed by atoms with Gasteiger partial charge in [-0.15, -0.1) is 0 Å². The number of rotatable bonds is 7. The molecule has 31 heavy (non-hydrogen) atoms. The lowest BCUT2D eigenvalue weighted by Crippen LogP contribution is -2.35. The number of nitrogens with one attached hydrogen (secondary N) is 2. The van der Waals surface area contributed by atoms with Crippen LogP contribution in [0.1, 0.15) is 10.5 Å². The summed E-state index contributed by atoms with van der Waals surface area (Å²) in [7, 11) is -0.585. The van der Waals surface area contributed by atoms with Crippen LogP contribution in [0.25, 0.3) is 21.5 Å². The van der Waals surface area contributed by atoms with Crippen LogP contribution < -0.4 is 25.0 Å². The van der Waals surface area contributed by atoms with Crippen LogP contribution in [0, 0.1) is 11.8 Å². The highest BCUT2D eigenvalue weighted by atomic mass is 32.1. The number of methoxy groups -OCH3 is 1. The van der Waals surface area contributed by atoms with Gasteiger partial charge < -0.3 is 25.0 Å². The Labute approximate surface area is 191 Å². The van der Waals surface area contributed by atoms with Crippen molar-refractivity contribution >= 4 is 27.2 Å². The minimum atomic E-state index is -2.48. The number of likely N-dealkylation sites (N-methyl/N-ethyl adjacent to an activating group) is 1. The highest BCUT2D eigenvalue weighted by molar-refractivity contribution is 7.21. The number of hydrogen-bond acceptors (Lipinski definition) is 7. The monoisotopic (exact) mass is 441 g/mol. The van der Waals surface area contributed by atoms with Crippen LogP contribution in [-0.4, -0.2) is 58.4 Å². The maximum atomic E-state index is 7.49. The Bertz CT molecular complexity index is 1120. The van der Waals surface area contributed by atoms with E-state index in [-0.39, 0.29) is 0 Å². The number of thiophene rings is 1. The first kappa shape index (κ1) is 17.2. The maximum Gasteiger partial charge on any atom is 0.176 e. The molecule has 0 aliphatic carbocycles. The van der Waals surface area contributed by atoms with Gasteiger partial charge in [-0.1, -0.05) is 11.3 Å². The summed E-state index contributed by atoms with van der Waals surface area (Å²) in [6.45, 7) is 5.52. The molecule has 3 aromatic rings. The Morgan fingerprint density at radius 1 is 1.26 bits per heavy atom. The van der Waals surface area contributed by atoms with Crippen LogP contribution in [-0.2, 0) is 0 Å². The van der Waals surface area contributed by atoms with Crippen molar-refractivity contribution in [2.45, 2.75) is 6.42 Å². The lowest BCUT2D eigenvalue weighted by atomic mass is 9.90. The summed E-state index contributed by atoms with van der Waals surface area (Å²) in [5.41, 5.74) is 3.72. The molecule has 2 unspecified atom stereocenters. The van der Waals surface area contributed by atoms with Crippen molar-refractivity contribution in [2.24, 2.45) is 11.8 Å². The predicted octanol–water partition coefficient (Wildman–Crippen LogP) is 3.62. The van der Waals surface area contributed by atoms with Crippen molar-refractivity contribution in [1.29, 1.82) is 0 Å². The Hall–Kier alpha value is -2.35. The minimum Gasteiger partial charge on any atom is -0.492 e. The summed E-state index contributed by atoms with van der Waals surface area (Å²) in [5, 5.41) is 6.96. The second kappa shape index (κ2) is 9.02. The van der Waals surface area contributed by atoms with Crippen molar-refractivity contribution in [1.82, 2.24) is 15.6 Å². The van der Waals surface area contributed by atoms with Crippen LogP contribution >= 0.6 is 11.3 Å². The molecule has 0 bridgehead atoms. The molecular weight excluding hydrogens is 408 g/mol. The first-order valence-electron chi connectivity index (χ1n) is 12.4. The Morgan fingerprint density at radius 3 is 2.94 bits per heavy atom. The molecule has 4 heterocycles. The van der Waals surface area contributed by atoms with Crippen molar-refractivity contribution < 1.29 is 13.6 Å². The smallest absolute Gasteiger partial charge is 0.176 e. The van der Waals surface area contributed by atoms with Crippen molar-refractivity contribution in [3.8, 4) is 22.1 Å². The van der Waals surface area contributed by atoms with Gasteiger partial charge >= 0.3 is 0 Å². The molecule has 0 amide bonds. The standard InChI is InChI=1S/C24H30N4O2S/c1-25-9-10-30-19-5-3-16(4-6-19)20-11-22(24-21(27-20)12-23(29-2)31-24)28-14-17-7-8-26-13-18(17)15-28/h3-6,11-12,17-18,25-26H,7-10,13-15H2,1-2H3/i2D3. The number of benzene rings is 1. The summed E-state index contributed by atoms with van der Waals surface area (Å²) >= 11 is 1.36. The second-order valence-corrected chi connectivity index (χ2v) is 9.32. The summed E-state index contributed by atoms with van der Waals surface area (Å²) < 4.78 is 34.4. The van der Waals surface area contributed by atoms with Gasteiger partial charge in [-0.3, -0.25) is 0 Å². The van der Waals surface area contributed by atoms with Crippen molar-refractivity contribution in [3.63, 3.8) is 0 Å². The zero-order chi connectivity index (χ0) is 23.7. The van der Waals surface area contributed by atoms with Gasteiger partial charge in [0.05, 0.1) is 32.7 Å². The summed E-state index contributed by atoms with van der Waals surface area (Å²) in [5.74, 6) is 2.13. The number of anilines is 1. The van der Waals surface area contributed by atoms with E-state index in [0.717, 1.165) is 65.6 Å². The molecule has 0 spiro atoms. The lowest BCUT2D eigenvalue weighted by Gasteiger charge is -2.23. The number of fused-ring (bicyclic) bond motifs is 2. The fourth-order valence-electron chi connectivity index (χ4n) is 4.68. The molecule has 2 atom stereocenters. The number of aromatic nitrogens is 1. The average Bonchev–Trinajstić information content (AvgIpc) is 3.41. The first-order chi connectivity index (χ1) is 16.4. The number of hydrogen-bond donors (Lipinski definition) is 2. The molecule has 2 fully saturated rings. The predicted molar refractivity (Wildman–Crippen MR) is 128 cm³/mol. The molecule has 1 aromatic carbocycles. The van der Waals surface area contributed by atoms with E-state index in [1.807, 2.05) is 31.3 Å². The van der Waals surface area contributed by atoms with Gasteiger partial charge in [0, 0.05) is 31.3 Å². The maximum absolute atomic E-state index is 7.49. The highest BCUT2D eigenvalue weighted by Gasteiger charge is 2.35. The van der Waals surface area contributed by atoms with Crippen molar-refractivity contribution in [2.75, 3.05) is 58.3 Å². The van der Waals surface area contributed by atoms with Crippen LogP contribution in [0.2, 0.25) is 0 Å². The summed E-state index contributed by atoms with van der Waals surface area (Å²) in [6.07, 6.45) is 1.19. The van der Waals surface area contributed by atoms with Gasteiger partial charge in [-0.2, -0.15) is 0 Å². The van der Waals surface area contributed by atoms with E-state index in [4.69, 9.17) is 18.6 Å². The molecular formula is C24H30N4O2S. The Morgan fingerprint density at radius 2 is 2.13 bits per heavy atom. The fourth-order valence-corrected chi connectivity index (χ4v) is 5.59. The van der Waals surface area contributed by atoms with Crippen molar-refractivity contribution in [3.05, 3.63) is 36.4 Å². The zero-order valence-corrected chi connectivity index (χ0v) is 18.5. The lowest BCUT2D eigenvalue weighted by molar-refractivity contribution is 0.318. The van der Waals surface area contributed by atoms with E-state index in [9.17, 15) is 0 Å². The normalized spacial score (nSPS) is 22.6. The second-order valence-electron chi connectivity index (χ2n) is 8.30. The molecule has 5 rings (SSSR count). The van der Waals surface area contributed by atoms with Gasteiger partial charge in [-0.05, 0) is 68.7 Å². The fraction of sp³-hybridized carbons (Fsp3) is 0.458. The molecule has 2 aromatic heterocycles. The summed E-state index contributed by atoms with van der Waals surface area (Å²) in [4.78, 5) is 7.33. The van der Waals surface area contributed by atoms with E-state index >= 15 is 0 Å². The molecule has 2 aliphatic heterocycles. The topological polar surface area (TPSA) is 58.7 Å². The highest BCUT2D eigenvalue weighted by Crippen LogP contribution is 2.42. The van der Waals surface area contributed by atoms with Crippen LogP contribution in [0.3, 0.4) is 0 Å². The van der Waals surface area contributed by atoms with Gasteiger partial charge in [0.2, 0.25) is 0 Å². The van der Waals surface area contributed by atoms with E-state index < -0.39 is 7.04 Å². The van der Waals surface area contributed by atoms with Gasteiger partial charge in [-0.25, -0.2) is 4.98 Å². The summed E-state index contributed by atoms with van der Waals surface area (Å²) in [6, 6.07) is 11.9. The molecule has 6 nitrogen and oxygen atoms in total. The SMILES string of the molecule is [2H]C([2H])([2H])Oc1cc2nc(-c3ccc(OCCNC)cc3)cc(N3CC4CCNCC4C3)c2s1. The first-order valence-corrected chi connectivity index (χ1v) is 11.7. The third kappa shape index (κ3) is 4.22. The number of ether oxygens (including phenoxy) is 2. The number of piperidine rings is 1. The largest absolute Gasteiger partial charge is 0.492 e. The van der Waals surface area contributed by atoms with Gasteiger partial charge in [0.25, 0.3) is 0 Å². The molecule has 0 radical (unpaired) electrons. The Balaban J connectivity index is 1.50. The van der Waals surface area contributed by atoms with E-state index in [0.29, 0.717) is 23.5 Å². The minimum absolute atomic E-state index is 0.368. The average molecular weight is 442 g/mol. The Kier molecular flexibility index (Phi) is 5.02. The third-order valence-corrected chi connectivity index (χ3v) is 7.35. The van der Waals surface area contributed by atoms with Crippen LogP contribution in [0.4, 0.5) is 5.69 Å². The molecule has 7 heteroatoms. The molecule has 2 aliphatic rings. The number of nitrogens with zero attached hydrogens (tertiary/aromatic N) is 2. The van der Waals surface area contributed by atoms with Crippen LogP contribution in [0.5, 0.6) is 10.8 Å². The van der Waals surface area contributed by atoms with Gasteiger partial charge in [0.1, 0.15) is 12.4 Å². The molecule has 0 saturated carbocycles. The number of pyridine rings is 1. The molecule has 2 saturated heterocycles. The molecule has 2 N–H and O–H groups in total. The van der Waals surface area contributed by atoms with Gasteiger partial charge in [0.15, 0.2) is 5.06 Å². The molecule has 164 valence electrons. The zero-order valence-electron chi connectivity index (χ0n) is 20.7. The van der Waals surface area contributed by atoms with E-state index in [1.54, 1.807) is 6.07 Å². The van der Waals surface area contributed by atoms with E-state index in [1.165, 1.54) is 17.8 Å². The quantitative estimate of drug-likeness (QED) is 0.546. The van der Waals surface area contributed by atoms with Crippen LogP contribution in [0.15, 0.2) is 36.4 Å².